The van der Waals surface area contributed by atoms with Crippen LogP contribution < -0.4 is 10.1 Å². The van der Waals surface area contributed by atoms with E-state index in [1.807, 2.05) is 37.3 Å². The standard InChI is InChI=1S/C23H30ClNO2S/c1-5-21(27-20-11-9-18(10-12-20)23(2,3)4)22(26)25-13-14-28-16-17-7-6-8-19(24)15-17/h6-12,15,21H,5,13-14,16H2,1-4H3,(H,25,26)/t21-/m1/s1. The van der Waals surface area contributed by atoms with E-state index in [1.54, 1.807) is 11.8 Å². The lowest BCUT2D eigenvalue weighted by Gasteiger charge is -2.21. The number of carbonyl (C=O) groups excluding carboxylic acids is 1. The third-order valence-corrected chi connectivity index (χ3v) is 5.63. The molecule has 1 N–H and O–H groups in total. The fourth-order valence-electron chi connectivity index (χ4n) is 2.70. The van der Waals surface area contributed by atoms with Crippen molar-refractivity contribution in [2.45, 2.75) is 51.4 Å². The average molecular weight is 420 g/mol. The van der Waals surface area contributed by atoms with Crippen molar-refractivity contribution in [1.82, 2.24) is 5.32 Å². The summed E-state index contributed by atoms with van der Waals surface area (Å²) in [6.45, 7) is 9.11. The number of hydrogen-bond acceptors (Lipinski definition) is 3. The van der Waals surface area contributed by atoms with E-state index in [1.165, 1.54) is 11.1 Å². The molecule has 0 spiro atoms. The Bertz CT molecular complexity index is 756. The second-order valence-electron chi connectivity index (χ2n) is 7.76. The lowest BCUT2D eigenvalue weighted by Crippen LogP contribution is -2.39. The van der Waals surface area contributed by atoms with Crippen molar-refractivity contribution in [1.29, 1.82) is 0 Å². The van der Waals surface area contributed by atoms with Gasteiger partial charge in [0.15, 0.2) is 6.10 Å². The molecule has 0 aliphatic carbocycles. The fourth-order valence-corrected chi connectivity index (χ4v) is 3.72. The summed E-state index contributed by atoms with van der Waals surface area (Å²) < 4.78 is 5.90. The predicted octanol–water partition coefficient (Wildman–Crippen LogP) is 5.84. The van der Waals surface area contributed by atoms with Gasteiger partial charge in [-0.1, -0.05) is 63.6 Å². The van der Waals surface area contributed by atoms with Crippen molar-refractivity contribution in [2.24, 2.45) is 0 Å². The second-order valence-corrected chi connectivity index (χ2v) is 9.30. The molecule has 0 saturated heterocycles. The van der Waals surface area contributed by atoms with Crippen LogP contribution in [0.15, 0.2) is 48.5 Å². The number of hydrogen-bond donors (Lipinski definition) is 1. The third kappa shape index (κ3) is 7.40. The first kappa shape index (κ1) is 22.6. The Kier molecular flexibility index (Phi) is 8.71. The number of halogens is 1. The van der Waals surface area contributed by atoms with Gasteiger partial charge < -0.3 is 10.1 Å². The van der Waals surface area contributed by atoms with E-state index in [2.05, 4.69) is 44.3 Å². The van der Waals surface area contributed by atoms with Gasteiger partial charge in [0, 0.05) is 23.1 Å². The zero-order chi connectivity index (χ0) is 20.6. The molecule has 5 heteroatoms. The first-order valence-corrected chi connectivity index (χ1v) is 11.2. The topological polar surface area (TPSA) is 38.3 Å². The quantitative estimate of drug-likeness (QED) is 0.518. The summed E-state index contributed by atoms with van der Waals surface area (Å²) in [7, 11) is 0. The molecule has 152 valence electrons. The molecular formula is C23H30ClNO2S. The van der Waals surface area contributed by atoms with Gasteiger partial charge in [0.1, 0.15) is 5.75 Å². The Morgan fingerprint density at radius 1 is 1.18 bits per heavy atom. The molecule has 0 bridgehead atoms. The molecule has 0 aromatic heterocycles. The monoisotopic (exact) mass is 419 g/mol. The third-order valence-electron chi connectivity index (χ3n) is 4.37. The summed E-state index contributed by atoms with van der Waals surface area (Å²) in [6.07, 6.45) is 0.154. The van der Waals surface area contributed by atoms with E-state index < -0.39 is 6.10 Å². The van der Waals surface area contributed by atoms with Crippen LogP contribution in [0.5, 0.6) is 5.75 Å². The van der Waals surface area contributed by atoms with Gasteiger partial charge in [-0.2, -0.15) is 11.8 Å². The maximum atomic E-state index is 12.4. The summed E-state index contributed by atoms with van der Waals surface area (Å²) in [4.78, 5) is 12.4. The Hall–Kier alpha value is -1.65. The first-order valence-electron chi connectivity index (χ1n) is 9.66. The summed E-state index contributed by atoms with van der Waals surface area (Å²) in [5.74, 6) is 2.38. The van der Waals surface area contributed by atoms with Crippen LogP contribution in [0.2, 0.25) is 5.02 Å². The smallest absolute Gasteiger partial charge is 0.261 e. The SMILES string of the molecule is CC[C@@H](Oc1ccc(C(C)(C)C)cc1)C(=O)NCCSCc1cccc(Cl)c1. The summed E-state index contributed by atoms with van der Waals surface area (Å²) in [5.41, 5.74) is 2.54. The second kappa shape index (κ2) is 10.8. The molecule has 2 aromatic rings. The van der Waals surface area contributed by atoms with Crippen molar-refractivity contribution in [2.75, 3.05) is 12.3 Å². The van der Waals surface area contributed by atoms with Crippen molar-refractivity contribution in [3.8, 4) is 5.75 Å². The Morgan fingerprint density at radius 2 is 1.89 bits per heavy atom. The number of amides is 1. The van der Waals surface area contributed by atoms with E-state index >= 15 is 0 Å². The van der Waals surface area contributed by atoms with Gasteiger partial charge in [0.05, 0.1) is 0 Å². The Balaban J connectivity index is 1.75. The highest BCUT2D eigenvalue weighted by Crippen LogP contribution is 2.25. The van der Waals surface area contributed by atoms with Gasteiger partial charge in [-0.05, 0) is 47.2 Å². The summed E-state index contributed by atoms with van der Waals surface area (Å²) in [6, 6.07) is 15.9. The molecule has 0 unspecified atom stereocenters. The summed E-state index contributed by atoms with van der Waals surface area (Å²) in [5, 5.41) is 3.73. The number of rotatable bonds is 9. The molecule has 1 atom stereocenters. The number of ether oxygens (including phenoxy) is 1. The fraction of sp³-hybridized carbons (Fsp3) is 0.435. The van der Waals surface area contributed by atoms with Crippen molar-refractivity contribution < 1.29 is 9.53 Å². The molecule has 1 amide bonds. The lowest BCUT2D eigenvalue weighted by atomic mass is 9.87. The first-order chi connectivity index (χ1) is 13.3. The zero-order valence-electron chi connectivity index (χ0n) is 17.1. The normalized spacial score (nSPS) is 12.5. The largest absolute Gasteiger partial charge is 0.481 e. The minimum absolute atomic E-state index is 0.0641. The molecule has 28 heavy (non-hydrogen) atoms. The van der Waals surface area contributed by atoms with Crippen molar-refractivity contribution in [3.05, 3.63) is 64.7 Å². The van der Waals surface area contributed by atoms with Gasteiger partial charge in [-0.25, -0.2) is 0 Å². The molecular weight excluding hydrogens is 390 g/mol. The molecule has 2 rings (SSSR count). The highest BCUT2D eigenvalue weighted by Gasteiger charge is 2.19. The van der Waals surface area contributed by atoms with E-state index in [-0.39, 0.29) is 11.3 Å². The number of carbonyl (C=O) groups is 1. The molecule has 2 aromatic carbocycles. The van der Waals surface area contributed by atoms with Crippen molar-refractivity contribution in [3.63, 3.8) is 0 Å². The van der Waals surface area contributed by atoms with Gasteiger partial charge in [-0.3, -0.25) is 4.79 Å². The molecule has 0 aliphatic heterocycles. The maximum Gasteiger partial charge on any atom is 0.261 e. The van der Waals surface area contributed by atoms with Crippen LogP contribution in [0.4, 0.5) is 0 Å². The van der Waals surface area contributed by atoms with E-state index in [0.717, 1.165) is 22.3 Å². The zero-order valence-corrected chi connectivity index (χ0v) is 18.7. The predicted molar refractivity (Wildman–Crippen MR) is 120 cm³/mol. The van der Waals surface area contributed by atoms with Crippen LogP contribution in [0.1, 0.15) is 45.2 Å². The van der Waals surface area contributed by atoms with Gasteiger partial charge >= 0.3 is 0 Å². The van der Waals surface area contributed by atoms with Crippen molar-refractivity contribution >= 4 is 29.3 Å². The van der Waals surface area contributed by atoms with Crippen LogP contribution in [-0.4, -0.2) is 24.3 Å². The average Bonchev–Trinajstić information content (AvgIpc) is 2.65. The molecule has 0 heterocycles. The van der Waals surface area contributed by atoms with Gasteiger partial charge in [0.2, 0.25) is 0 Å². The van der Waals surface area contributed by atoms with Crippen LogP contribution >= 0.6 is 23.4 Å². The highest BCUT2D eigenvalue weighted by molar-refractivity contribution is 7.98. The Morgan fingerprint density at radius 3 is 2.50 bits per heavy atom. The molecule has 0 saturated carbocycles. The van der Waals surface area contributed by atoms with Gasteiger partial charge in [-0.15, -0.1) is 0 Å². The highest BCUT2D eigenvalue weighted by atomic mass is 35.5. The minimum atomic E-state index is -0.474. The maximum absolute atomic E-state index is 12.4. The Labute approximate surface area is 178 Å². The van der Waals surface area contributed by atoms with Crippen LogP contribution in [-0.2, 0) is 16.0 Å². The van der Waals surface area contributed by atoms with Crippen LogP contribution in [0, 0.1) is 0 Å². The lowest BCUT2D eigenvalue weighted by molar-refractivity contribution is -0.127. The number of benzene rings is 2. The van der Waals surface area contributed by atoms with E-state index in [9.17, 15) is 4.79 Å². The van der Waals surface area contributed by atoms with E-state index in [0.29, 0.717) is 13.0 Å². The molecule has 3 nitrogen and oxygen atoms in total. The number of thioether (sulfide) groups is 1. The minimum Gasteiger partial charge on any atom is -0.481 e. The molecule has 0 radical (unpaired) electrons. The van der Waals surface area contributed by atoms with Crippen LogP contribution in [0.25, 0.3) is 0 Å². The van der Waals surface area contributed by atoms with E-state index in [4.69, 9.17) is 16.3 Å². The molecule has 0 fully saturated rings. The van der Waals surface area contributed by atoms with Gasteiger partial charge in [0.25, 0.3) is 5.91 Å². The van der Waals surface area contributed by atoms with Crippen LogP contribution in [0.3, 0.4) is 0 Å². The number of nitrogens with one attached hydrogen (secondary N) is 1. The summed E-state index contributed by atoms with van der Waals surface area (Å²) >= 11 is 7.76. The molecule has 0 aliphatic rings.